The molecule has 1 saturated heterocycles. The average molecular weight is 233 g/mol. The highest BCUT2D eigenvalue weighted by molar-refractivity contribution is 5.13. The second-order valence-corrected chi connectivity index (χ2v) is 6.18. The summed E-state index contributed by atoms with van der Waals surface area (Å²) in [5, 5.41) is 0. The lowest BCUT2D eigenvalue weighted by molar-refractivity contribution is -0.0463. The van der Waals surface area contributed by atoms with Crippen molar-refractivity contribution in [3.8, 4) is 0 Å². The summed E-state index contributed by atoms with van der Waals surface area (Å²) in [5.74, 6) is 0. The summed E-state index contributed by atoms with van der Waals surface area (Å²) in [5.41, 5.74) is 2.02. The first-order valence-electron chi connectivity index (χ1n) is 6.50. The number of rotatable bonds is 2. The Hall–Kier alpha value is -0.890. The molecule has 0 aromatic carbocycles. The fourth-order valence-electron chi connectivity index (χ4n) is 2.85. The highest BCUT2D eigenvalue weighted by atomic mass is 16.5. The van der Waals surface area contributed by atoms with Gasteiger partial charge in [0.25, 0.3) is 0 Å². The first kappa shape index (κ1) is 12.6. The van der Waals surface area contributed by atoms with Crippen LogP contribution in [0.4, 0.5) is 0 Å². The monoisotopic (exact) mass is 233 g/mol. The molecule has 2 heterocycles. The molecular weight excluding hydrogens is 210 g/mol. The summed E-state index contributed by atoms with van der Waals surface area (Å²) < 4.78 is 5.54. The van der Waals surface area contributed by atoms with Crippen molar-refractivity contribution in [3.63, 3.8) is 0 Å². The Morgan fingerprint density at radius 2 is 2.00 bits per heavy atom. The summed E-state index contributed by atoms with van der Waals surface area (Å²) in [6, 6.07) is 4.22. The summed E-state index contributed by atoms with van der Waals surface area (Å²) in [6.07, 6.45) is 7.28. The van der Waals surface area contributed by atoms with Crippen LogP contribution in [0.3, 0.4) is 0 Å². The number of hydrogen-bond donors (Lipinski definition) is 0. The number of pyridine rings is 1. The van der Waals surface area contributed by atoms with Gasteiger partial charge in [0.05, 0.1) is 0 Å². The third-order valence-corrected chi connectivity index (χ3v) is 4.31. The van der Waals surface area contributed by atoms with Gasteiger partial charge in [-0.2, -0.15) is 0 Å². The molecule has 2 rings (SSSR count). The van der Waals surface area contributed by atoms with Gasteiger partial charge in [-0.15, -0.1) is 0 Å². The summed E-state index contributed by atoms with van der Waals surface area (Å²) in [7, 11) is 0. The molecule has 0 amide bonds. The van der Waals surface area contributed by atoms with E-state index in [9.17, 15) is 0 Å². The molecule has 2 nitrogen and oxygen atoms in total. The van der Waals surface area contributed by atoms with Gasteiger partial charge in [0.2, 0.25) is 0 Å². The lowest BCUT2D eigenvalue weighted by Gasteiger charge is -2.47. The normalized spacial score (nSPS) is 20.2. The topological polar surface area (TPSA) is 22.1 Å². The van der Waals surface area contributed by atoms with Gasteiger partial charge in [0, 0.05) is 25.6 Å². The van der Waals surface area contributed by atoms with Crippen LogP contribution < -0.4 is 0 Å². The zero-order chi connectivity index (χ0) is 12.4. The van der Waals surface area contributed by atoms with E-state index < -0.39 is 0 Å². The largest absolute Gasteiger partial charge is 0.381 e. The van der Waals surface area contributed by atoms with Gasteiger partial charge in [-0.3, -0.25) is 4.98 Å². The minimum absolute atomic E-state index is 0.312. The Labute approximate surface area is 104 Å². The van der Waals surface area contributed by atoms with Crippen LogP contribution in [0.5, 0.6) is 0 Å². The maximum absolute atomic E-state index is 5.54. The highest BCUT2D eigenvalue weighted by Gasteiger charge is 2.42. The molecule has 0 saturated carbocycles. The van der Waals surface area contributed by atoms with Crippen LogP contribution in [0.1, 0.15) is 39.2 Å². The molecule has 0 spiro atoms. The van der Waals surface area contributed by atoms with E-state index in [-0.39, 0.29) is 0 Å². The number of nitrogens with zero attached hydrogens (tertiary/aromatic N) is 1. The smallest absolute Gasteiger partial charge is 0.0471 e. The van der Waals surface area contributed by atoms with Gasteiger partial charge in [0.1, 0.15) is 0 Å². The van der Waals surface area contributed by atoms with Crippen LogP contribution >= 0.6 is 0 Å². The van der Waals surface area contributed by atoms with Gasteiger partial charge in [-0.05, 0) is 41.7 Å². The molecule has 0 unspecified atom stereocenters. The quantitative estimate of drug-likeness (QED) is 0.780. The van der Waals surface area contributed by atoms with Gasteiger partial charge >= 0.3 is 0 Å². The molecule has 1 aromatic heterocycles. The van der Waals surface area contributed by atoms with Crippen molar-refractivity contribution in [1.29, 1.82) is 0 Å². The van der Waals surface area contributed by atoms with Crippen molar-refractivity contribution >= 4 is 0 Å². The second-order valence-electron chi connectivity index (χ2n) is 6.18. The minimum Gasteiger partial charge on any atom is -0.381 e. The van der Waals surface area contributed by atoms with Crippen LogP contribution in [0.2, 0.25) is 0 Å². The second kappa shape index (κ2) is 4.77. The molecule has 0 bridgehead atoms. The lowest BCUT2D eigenvalue weighted by Crippen LogP contribution is -2.42. The van der Waals surface area contributed by atoms with E-state index in [1.807, 2.05) is 18.5 Å². The molecule has 94 valence electrons. The van der Waals surface area contributed by atoms with Crippen LogP contribution in [-0.4, -0.2) is 18.2 Å². The Bertz CT molecular complexity index is 347. The van der Waals surface area contributed by atoms with E-state index >= 15 is 0 Å². The summed E-state index contributed by atoms with van der Waals surface area (Å²) in [6.45, 7) is 8.87. The number of hydrogen-bond acceptors (Lipinski definition) is 2. The number of aromatic nitrogens is 1. The third-order valence-electron chi connectivity index (χ3n) is 4.31. The predicted molar refractivity (Wildman–Crippen MR) is 69.9 cm³/mol. The van der Waals surface area contributed by atoms with Crippen molar-refractivity contribution in [1.82, 2.24) is 4.98 Å². The van der Waals surface area contributed by atoms with Gasteiger partial charge < -0.3 is 4.74 Å². The van der Waals surface area contributed by atoms with Crippen LogP contribution in [0, 0.1) is 10.8 Å². The zero-order valence-electron chi connectivity index (χ0n) is 11.2. The third kappa shape index (κ3) is 2.68. The molecule has 0 atom stereocenters. The Morgan fingerprint density at radius 3 is 2.53 bits per heavy atom. The maximum atomic E-state index is 5.54. The van der Waals surface area contributed by atoms with E-state index in [1.54, 1.807) is 0 Å². The molecule has 1 fully saturated rings. The molecule has 17 heavy (non-hydrogen) atoms. The molecule has 1 aliphatic heterocycles. The van der Waals surface area contributed by atoms with Crippen LogP contribution in [0.25, 0.3) is 0 Å². The minimum atomic E-state index is 0.312. The Kier molecular flexibility index (Phi) is 3.53. The summed E-state index contributed by atoms with van der Waals surface area (Å²) in [4.78, 5) is 4.23. The van der Waals surface area contributed by atoms with Crippen molar-refractivity contribution in [2.45, 2.75) is 40.0 Å². The van der Waals surface area contributed by atoms with Crippen LogP contribution in [-0.2, 0) is 11.2 Å². The van der Waals surface area contributed by atoms with E-state index in [4.69, 9.17) is 4.74 Å². The predicted octanol–water partition coefficient (Wildman–Crippen LogP) is 3.47. The Morgan fingerprint density at radius 1 is 1.29 bits per heavy atom. The molecule has 0 aliphatic carbocycles. The van der Waals surface area contributed by atoms with Crippen molar-refractivity contribution < 1.29 is 4.74 Å². The van der Waals surface area contributed by atoms with Crippen LogP contribution in [0.15, 0.2) is 24.5 Å². The van der Waals surface area contributed by atoms with Crippen molar-refractivity contribution in [2.75, 3.05) is 13.2 Å². The maximum Gasteiger partial charge on any atom is 0.0471 e. The van der Waals surface area contributed by atoms with E-state index in [0.29, 0.717) is 10.8 Å². The molecule has 0 N–H and O–H groups in total. The van der Waals surface area contributed by atoms with E-state index in [2.05, 4.69) is 31.8 Å². The average Bonchev–Trinajstić information content (AvgIpc) is 2.30. The molecule has 0 radical (unpaired) electrons. The zero-order valence-corrected chi connectivity index (χ0v) is 11.2. The Balaban J connectivity index is 2.22. The van der Waals surface area contributed by atoms with Crippen molar-refractivity contribution in [3.05, 3.63) is 30.1 Å². The standard InChI is InChI=1S/C15H23NO/c1-14(2,3)15(6-9-17-10-7-15)11-13-5-4-8-16-12-13/h4-5,8,12H,6-7,9-11H2,1-3H3. The molecule has 1 aromatic rings. The SMILES string of the molecule is CC(C)(C)C1(Cc2cccnc2)CCOCC1. The van der Waals surface area contributed by atoms with E-state index in [0.717, 1.165) is 32.5 Å². The molecule has 1 aliphatic rings. The fraction of sp³-hybridized carbons (Fsp3) is 0.667. The summed E-state index contributed by atoms with van der Waals surface area (Å²) >= 11 is 0. The lowest BCUT2D eigenvalue weighted by atomic mass is 9.60. The number of ether oxygens (including phenoxy) is 1. The van der Waals surface area contributed by atoms with Crippen molar-refractivity contribution in [2.24, 2.45) is 10.8 Å². The highest BCUT2D eigenvalue weighted by Crippen LogP contribution is 2.48. The van der Waals surface area contributed by atoms with Gasteiger partial charge in [-0.25, -0.2) is 0 Å². The first-order chi connectivity index (χ1) is 8.04. The van der Waals surface area contributed by atoms with Gasteiger partial charge in [0.15, 0.2) is 0 Å². The van der Waals surface area contributed by atoms with E-state index in [1.165, 1.54) is 5.56 Å². The molecular formula is C15H23NO. The first-order valence-corrected chi connectivity index (χ1v) is 6.50. The molecule has 2 heteroatoms. The fourth-order valence-corrected chi connectivity index (χ4v) is 2.85. The van der Waals surface area contributed by atoms with Gasteiger partial charge in [-0.1, -0.05) is 26.8 Å².